The molecule has 0 aliphatic carbocycles. The van der Waals surface area contributed by atoms with Crippen LogP contribution in [0.5, 0.6) is 0 Å². The normalized spacial score (nSPS) is 24.5. The smallest absolute Gasteiger partial charge is 0.249 e. The first-order chi connectivity index (χ1) is 15.1. The minimum absolute atomic E-state index is 0.0439. The number of amides is 1. The Bertz CT molecular complexity index is 1020. The monoisotopic (exact) mass is 424 g/mol. The Morgan fingerprint density at radius 1 is 1.32 bits per heavy atom. The van der Waals surface area contributed by atoms with Crippen LogP contribution in [-0.2, 0) is 9.47 Å². The van der Waals surface area contributed by atoms with Gasteiger partial charge in [-0.25, -0.2) is 10.4 Å². The summed E-state index contributed by atoms with van der Waals surface area (Å²) in [5, 5.41) is 2.76. The molecule has 5 heterocycles. The molecule has 9 nitrogen and oxygen atoms in total. The van der Waals surface area contributed by atoms with Crippen molar-refractivity contribution in [2.24, 2.45) is 5.73 Å². The number of ether oxygens (including phenoxy) is 2. The van der Waals surface area contributed by atoms with Gasteiger partial charge in [0.05, 0.1) is 30.5 Å². The highest BCUT2D eigenvalue weighted by Crippen LogP contribution is 2.33. The molecule has 2 atom stereocenters. The minimum atomic E-state index is -0.474. The number of pyridine rings is 2. The molecule has 0 spiro atoms. The highest BCUT2D eigenvalue weighted by atomic mass is 16.5. The first-order valence-corrected chi connectivity index (χ1v) is 10.9. The van der Waals surface area contributed by atoms with Crippen molar-refractivity contribution < 1.29 is 14.3 Å². The van der Waals surface area contributed by atoms with E-state index in [2.05, 4.69) is 33.3 Å². The number of nitrogens with one attached hydrogen (secondary N) is 1. The third-order valence-electron chi connectivity index (χ3n) is 6.14. The Labute approximate surface area is 181 Å². The summed E-state index contributed by atoms with van der Waals surface area (Å²) >= 11 is 0. The second kappa shape index (κ2) is 8.41. The molecular formula is C22H28N6O3. The number of hydrogen-bond acceptors (Lipinski definition) is 8. The van der Waals surface area contributed by atoms with Crippen LogP contribution >= 0.6 is 0 Å². The number of carbonyl (C=O) groups excluding carboxylic acids is 1. The molecule has 2 fully saturated rings. The van der Waals surface area contributed by atoms with Gasteiger partial charge in [0.15, 0.2) is 0 Å². The number of hydrogen-bond donors (Lipinski definition) is 2. The molecule has 2 saturated heterocycles. The molecular weight excluding hydrogens is 396 g/mol. The van der Waals surface area contributed by atoms with E-state index >= 15 is 0 Å². The average Bonchev–Trinajstić information content (AvgIpc) is 3.28. The van der Waals surface area contributed by atoms with Crippen LogP contribution in [0, 0.1) is 0 Å². The van der Waals surface area contributed by atoms with Gasteiger partial charge in [0.25, 0.3) is 0 Å². The summed E-state index contributed by atoms with van der Waals surface area (Å²) in [5.41, 5.74) is 11.9. The molecule has 3 aliphatic heterocycles. The highest BCUT2D eigenvalue weighted by molar-refractivity contribution is 6.08. The Balaban J connectivity index is 1.62. The van der Waals surface area contributed by atoms with Crippen molar-refractivity contribution in [1.82, 2.24) is 20.4 Å². The van der Waals surface area contributed by atoms with E-state index in [4.69, 9.17) is 20.2 Å². The molecule has 3 N–H and O–H groups in total. The summed E-state index contributed by atoms with van der Waals surface area (Å²) < 4.78 is 11.6. The average molecular weight is 425 g/mol. The lowest BCUT2D eigenvalue weighted by molar-refractivity contribution is -0.0746. The van der Waals surface area contributed by atoms with Crippen LogP contribution in [0.4, 0.5) is 5.82 Å². The number of primary amides is 1. The van der Waals surface area contributed by atoms with E-state index in [1.54, 1.807) is 12.3 Å². The molecule has 3 aliphatic rings. The maximum atomic E-state index is 12.3. The summed E-state index contributed by atoms with van der Waals surface area (Å²) in [6, 6.07) is 3.75. The van der Waals surface area contributed by atoms with Crippen molar-refractivity contribution in [3.63, 3.8) is 0 Å². The van der Waals surface area contributed by atoms with Gasteiger partial charge in [-0.1, -0.05) is 0 Å². The Morgan fingerprint density at radius 2 is 2.23 bits per heavy atom. The molecule has 0 saturated carbocycles. The van der Waals surface area contributed by atoms with Crippen LogP contribution in [0.3, 0.4) is 0 Å². The van der Waals surface area contributed by atoms with Crippen molar-refractivity contribution in [1.29, 1.82) is 0 Å². The van der Waals surface area contributed by atoms with Crippen molar-refractivity contribution >= 4 is 28.3 Å². The number of carbonyl (C=O) groups is 1. The van der Waals surface area contributed by atoms with E-state index in [-0.39, 0.29) is 12.3 Å². The maximum absolute atomic E-state index is 12.3. The van der Waals surface area contributed by atoms with Crippen LogP contribution < -0.4 is 16.1 Å². The lowest BCUT2D eigenvalue weighted by Crippen LogP contribution is -2.44. The largest absolute Gasteiger partial charge is 0.377 e. The van der Waals surface area contributed by atoms with Crippen LogP contribution in [0.2, 0.25) is 0 Å². The Kier molecular flexibility index (Phi) is 5.47. The number of nitrogens with zero attached hydrogens (tertiary/aromatic N) is 4. The lowest BCUT2D eigenvalue weighted by atomic mass is 10.1. The van der Waals surface area contributed by atoms with E-state index in [9.17, 15) is 4.79 Å². The van der Waals surface area contributed by atoms with Gasteiger partial charge in [-0.3, -0.25) is 14.8 Å². The Morgan fingerprint density at radius 3 is 3.00 bits per heavy atom. The molecule has 1 amide bonds. The molecule has 2 aromatic heterocycles. The highest BCUT2D eigenvalue weighted by Gasteiger charge is 2.30. The van der Waals surface area contributed by atoms with Gasteiger partial charge < -0.3 is 20.1 Å². The van der Waals surface area contributed by atoms with Gasteiger partial charge in [-0.15, -0.1) is 0 Å². The third-order valence-corrected chi connectivity index (χ3v) is 6.14. The summed E-state index contributed by atoms with van der Waals surface area (Å²) in [7, 11) is 0. The van der Waals surface area contributed by atoms with Gasteiger partial charge in [-0.2, -0.15) is 0 Å². The fourth-order valence-corrected chi connectivity index (χ4v) is 4.56. The maximum Gasteiger partial charge on any atom is 0.249 e. The molecule has 0 radical (unpaired) electrons. The summed E-state index contributed by atoms with van der Waals surface area (Å²) in [6.45, 7) is 5.48. The first-order valence-electron chi connectivity index (χ1n) is 10.9. The van der Waals surface area contributed by atoms with Gasteiger partial charge in [0.1, 0.15) is 23.3 Å². The summed E-state index contributed by atoms with van der Waals surface area (Å²) in [4.78, 5) is 24.2. The number of anilines is 1. The quantitative estimate of drug-likeness (QED) is 0.763. The predicted molar refractivity (Wildman–Crippen MR) is 117 cm³/mol. The Hall–Kier alpha value is -2.75. The lowest BCUT2D eigenvalue weighted by Gasteiger charge is -2.35. The summed E-state index contributed by atoms with van der Waals surface area (Å²) in [6.07, 6.45) is 6.92. The van der Waals surface area contributed by atoms with E-state index in [1.807, 2.05) is 6.07 Å². The van der Waals surface area contributed by atoms with Crippen molar-refractivity contribution in [3.05, 3.63) is 35.7 Å². The minimum Gasteiger partial charge on any atom is -0.377 e. The summed E-state index contributed by atoms with van der Waals surface area (Å²) in [5.74, 6) is 0.246. The molecule has 0 bridgehead atoms. The third kappa shape index (κ3) is 3.73. The van der Waals surface area contributed by atoms with Gasteiger partial charge in [0.2, 0.25) is 5.91 Å². The molecule has 2 aromatic rings. The standard InChI is InChI=1S/C22H28N6O3/c1-14-13-30-11-9-27(14)18-12-16(22(23)29)15-5-7-24-21(20(15)26-18)17-6-8-25-28(17)19-4-2-3-10-31-19/h5-7,12,14,19,25H,2-4,8-11,13H2,1H3,(H2,23,29)/t14-,19?/m1/s1. The SMILES string of the molecule is C[C@@H]1COCCN1c1cc(C(N)=O)c2ccnc(C3=CCNN3C3CCCCO3)c2n1. The molecule has 9 heteroatoms. The van der Waals surface area contributed by atoms with Crippen molar-refractivity contribution in [3.8, 4) is 0 Å². The zero-order chi connectivity index (χ0) is 21.4. The molecule has 31 heavy (non-hydrogen) atoms. The van der Waals surface area contributed by atoms with E-state index in [0.29, 0.717) is 42.8 Å². The molecule has 0 aromatic carbocycles. The molecule has 5 rings (SSSR count). The van der Waals surface area contributed by atoms with Gasteiger partial charge in [-0.05, 0) is 44.4 Å². The zero-order valence-electron chi connectivity index (χ0n) is 17.7. The van der Waals surface area contributed by atoms with Crippen molar-refractivity contribution in [2.45, 2.75) is 38.5 Å². The topological polar surface area (TPSA) is 106 Å². The number of fused-ring (bicyclic) bond motifs is 1. The van der Waals surface area contributed by atoms with E-state index in [1.165, 1.54) is 0 Å². The number of hydrazine groups is 1. The fourth-order valence-electron chi connectivity index (χ4n) is 4.56. The van der Waals surface area contributed by atoms with Gasteiger partial charge in [0, 0.05) is 31.3 Å². The molecule has 1 unspecified atom stereocenters. The van der Waals surface area contributed by atoms with E-state index in [0.717, 1.165) is 43.1 Å². The van der Waals surface area contributed by atoms with Crippen molar-refractivity contribution in [2.75, 3.05) is 37.8 Å². The predicted octanol–water partition coefficient (Wildman–Crippen LogP) is 1.64. The second-order valence-electron chi connectivity index (χ2n) is 8.21. The fraction of sp³-hybridized carbons (Fsp3) is 0.500. The zero-order valence-corrected chi connectivity index (χ0v) is 17.7. The van der Waals surface area contributed by atoms with Gasteiger partial charge >= 0.3 is 0 Å². The number of morpholine rings is 1. The number of nitrogens with two attached hydrogens (primary N) is 1. The van der Waals surface area contributed by atoms with Crippen LogP contribution in [0.15, 0.2) is 24.4 Å². The number of rotatable bonds is 4. The first kappa shape index (κ1) is 20.2. The van der Waals surface area contributed by atoms with E-state index < -0.39 is 5.91 Å². The van der Waals surface area contributed by atoms with Crippen LogP contribution in [-0.4, -0.2) is 66.1 Å². The van der Waals surface area contributed by atoms with Crippen LogP contribution in [0.1, 0.15) is 42.2 Å². The second-order valence-corrected chi connectivity index (χ2v) is 8.21. The number of aromatic nitrogens is 2. The molecule has 164 valence electrons. The van der Waals surface area contributed by atoms with Crippen LogP contribution in [0.25, 0.3) is 16.6 Å².